The summed E-state index contributed by atoms with van der Waals surface area (Å²) in [5.41, 5.74) is 7.53. The van der Waals surface area contributed by atoms with Crippen molar-refractivity contribution in [3.63, 3.8) is 0 Å². The summed E-state index contributed by atoms with van der Waals surface area (Å²) in [7, 11) is 0. The third-order valence-electron chi connectivity index (χ3n) is 4.78. The Labute approximate surface area is 114 Å². The Morgan fingerprint density at radius 2 is 2.21 bits per heavy atom. The lowest BCUT2D eigenvalue weighted by Crippen LogP contribution is -2.20. The predicted octanol–water partition coefficient (Wildman–Crippen LogP) is 2.91. The van der Waals surface area contributed by atoms with Crippen LogP contribution in [0.2, 0.25) is 0 Å². The lowest BCUT2D eigenvalue weighted by Gasteiger charge is -2.20. The average molecular weight is 258 g/mol. The monoisotopic (exact) mass is 258 g/mol. The van der Waals surface area contributed by atoms with Crippen LogP contribution in [0.3, 0.4) is 0 Å². The minimum Gasteiger partial charge on any atom is -0.326 e. The van der Waals surface area contributed by atoms with Crippen molar-refractivity contribution in [2.75, 3.05) is 5.32 Å². The number of nitrogens with two attached hydrogens (primary N) is 1. The Bertz CT molecular complexity index is 472. The largest absolute Gasteiger partial charge is 0.326 e. The molecule has 3 nitrogen and oxygen atoms in total. The number of hydrogen-bond acceptors (Lipinski definition) is 2. The summed E-state index contributed by atoms with van der Waals surface area (Å²) in [4.78, 5) is 12.1. The molecule has 0 aromatic heterocycles. The molecule has 19 heavy (non-hydrogen) atoms. The molecule has 1 aromatic carbocycles. The molecular formula is C16H22N2O. The minimum absolute atomic E-state index is 0.159. The van der Waals surface area contributed by atoms with E-state index in [0.717, 1.165) is 23.1 Å². The quantitative estimate of drug-likeness (QED) is 0.872. The van der Waals surface area contributed by atoms with Crippen LogP contribution in [-0.2, 0) is 11.3 Å². The molecule has 1 aromatic rings. The van der Waals surface area contributed by atoms with Crippen molar-refractivity contribution in [2.45, 2.75) is 38.6 Å². The first-order chi connectivity index (χ1) is 9.24. The van der Waals surface area contributed by atoms with Crippen molar-refractivity contribution in [1.82, 2.24) is 0 Å². The van der Waals surface area contributed by atoms with E-state index in [1.807, 2.05) is 24.3 Å². The second-order valence-corrected chi connectivity index (χ2v) is 6.09. The molecule has 0 spiro atoms. The van der Waals surface area contributed by atoms with Gasteiger partial charge in [0, 0.05) is 18.7 Å². The number of fused-ring (bicyclic) bond motifs is 2. The summed E-state index contributed by atoms with van der Waals surface area (Å²) in [5.74, 6) is 2.50. The molecule has 3 unspecified atom stereocenters. The molecule has 0 heterocycles. The van der Waals surface area contributed by atoms with Crippen LogP contribution >= 0.6 is 0 Å². The number of carbonyl (C=O) groups excluding carboxylic acids is 1. The Morgan fingerprint density at radius 3 is 2.89 bits per heavy atom. The van der Waals surface area contributed by atoms with Crippen LogP contribution in [0, 0.1) is 17.8 Å². The first kappa shape index (κ1) is 12.7. The third kappa shape index (κ3) is 2.81. The summed E-state index contributed by atoms with van der Waals surface area (Å²) in [6, 6.07) is 7.80. The van der Waals surface area contributed by atoms with Gasteiger partial charge in [0.1, 0.15) is 0 Å². The van der Waals surface area contributed by atoms with Crippen LogP contribution in [0.25, 0.3) is 0 Å². The first-order valence-corrected chi connectivity index (χ1v) is 7.33. The zero-order valence-electron chi connectivity index (χ0n) is 11.3. The van der Waals surface area contributed by atoms with Gasteiger partial charge in [0.05, 0.1) is 0 Å². The van der Waals surface area contributed by atoms with Gasteiger partial charge in [0.15, 0.2) is 0 Å². The Hall–Kier alpha value is -1.35. The fraction of sp³-hybridized carbons (Fsp3) is 0.562. The lowest BCUT2D eigenvalue weighted by atomic mass is 9.86. The van der Waals surface area contributed by atoms with Crippen molar-refractivity contribution >= 4 is 11.6 Å². The topological polar surface area (TPSA) is 55.1 Å². The number of rotatable bonds is 4. The van der Waals surface area contributed by atoms with Crippen LogP contribution in [0.1, 0.15) is 37.7 Å². The minimum atomic E-state index is 0.159. The molecule has 102 valence electrons. The van der Waals surface area contributed by atoms with Crippen LogP contribution in [0.15, 0.2) is 24.3 Å². The molecule has 1 amide bonds. The fourth-order valence-electron chi connectivity index (χ4n) is 3.85. The van der Waals surface area contributed by atoms with Crippen LogP contribution in [0.5, 0.6) is 0 Å². The van der Waals surface area contributed by atoms with Gasteiger partial charge in [-0.05, 0) is 54.7 Å². The molecule has 2 fully saturated rings. The highest BCUT2D eigenvalue weighted by Gasteiger charge is 2.40. The van der Waals surface area contributed by atoms with E-state index in [1.54, 1.807) is 0 Å². The van der Waals surface area contributed by atoms with Crippen LogP contribution in [-0.4, -0.2) is 5.91 Å². The van der Waals surface area contributed by atoms with E-state index >= 15 is 0 Å². The summed E-state index contributed by atoms with van der Waals surface area (Å²) >= 11 is 0. The molecule has 2 saturated carbocycles. The second kappa shape index (κ2) is 5.33. The maximum Gasteiger partial charge on any atom is 0.224 e. The average Bonchev–Trinajstić information content (AvgIpc) is 3.01. The Balaban J connectivity index is 1.56. The number of carbonyl (C=O) groups is 1. The van der Waals surface area contributed by atoms with Gasteiger partial charge in [0.25, 0.3) is 0 Å². The van der Waals surface area contributed by atoms with Gasteiger partial charge in [-0.3, -0.25) is 4.79 Å². The second-order valence-electron chi connectivity index (χ2n) is 6.09. The summed E-state index contributed by atoms with van der Waals surface area (Å²) in [5, 5.41) is 3.01. The van der Waals surface area contributed by atoms with E-state index in [0.29, 0.717) is 18.9 Å². The molecule has 0 saturated heterocycles. The Kier molecular flexibility index (Phi) is 3.56. The predicted molar refractivity (Wildman–Crippen MR) is 76.5 cm³/mol. The molecule has 3 atom stereocenters. The highest BCUT2D eigenvalue weighted by Crippen LogP contribution is 2.49. The standard InChI is InChI=1S/C16H22N2O/c17-10-12-2-1-3-15(8-12)18-16(19)9-14-7-11-4-5-13(14)6-11/h1-3,8,11,13-14H,4-7,9-10,17H2,(H,18,19). The molecule has 0 aliphatic heterocycles. The van der Waals surface area contributed by atoms with Gasteiger partial charge in [0.2, 0.25) is 5.91 Å². The number of benzene rings is 1. The molecule has 2 bridgehead atoms. The number of amides is 1. The number of anilines is 1. The molecule has 2 aliphatic carbocycles. The van der Waals surface area contributed by atoms with Crippen LogP contribution in [0.4, 0.5) is 5.69 Å². The van der Waals surface area contributed by atoms with Crippen molar-refractivity contribution in [3.8, 4) is 0 Å². The SMILES string of the molecule is NCc1cccc(NC(=O)CC2CC3CCC2C3)c1. The van der Waals surface area contributed by atoms with Gasteiger partial charge >= 0.3 is 0 Å². The third-order valence-corrected chi connectivity index (χ3v) is 4.78. The summed E-state index contributed by atoms with van der Waals surface area (Å²) in [6.07, 6.45) is 6.04. The number of hydrogen-bond donors (Lipinski definition) is 2. The lowest BCUT2D eigenvalue weighted by molar-refractivity contribution is -0.117. The molecule has 2 aliphatic rings. The smallest absolute Gasteiger partial charge is 0.224 e. The van der Waals surface area contributed by atoms with Crippen molar-refractivity contribution < 1.29 is 4.79 Å². The van der Waals surface area contributed by atoms with Crippen LogP contribution < -0.4 is 11.1 Å². The molecular weight excluding hydrogens is 236 g/mol. The normalized spacial score (nSPS) is 28.6. The van der Waals surface area contributed by atoms with Crippen molar-refractivity contribution in [2.24, 2.45) is 23.5 Å². The van der Waals surface area contributed by atoms with Crippen molar-refractivity contribution in [1.29, 1.82) is 0 Å². The maximum atomic E-state index is 12.1. The first-order valence-electron chi connectivity index (χ1n) is 7.33. The zero-order valence-corrected chi connectivity index (χ0v) is 11.3. The van der Waals surface area contributed by atoms with Gasteiger partial charge in [-0.2, -0.15) is 0 Å². The molecule has 3 rings (SSSR count). The summed E-state index contributed by atoms with van der Waals surface area (Å²) in [6.45, 7) is 0.510. The van der Waals surface area contributed by atoms with Crippen molar-refractivity contribution in [3.05, 3.63) is 29.8 Å². The van der Waals surface area contributed by atoms with E-state index in [9.17, 15) is 4.79 Å². The zero-order chi connectivity index (χ0) is 13.2. The van der Waals surface area contributed by atoms with E-state index in [1.165, 1.54) is 25.7 Å². The van der Waals surface area contributed by atoms with Gasteiger partial charge in [-0.15, -0.1) is 0 Å². The summed E-state index contributed by atoms with van der Waals surface area (Å²) < 4.78 is 0. The fourth-order valence-corrected chi connectivity index (χ4v) is 3.85. The molecule has 3 heteroatoms. The van der Waals surface area contributed by atoms with E-state index < -0.39 is 0 Å². The highest BCUT2D eigenvalue weighted by atomic mass is 16.1. The van der Waals surface area contributed by atoms with E-state index in [4.69, 9.17) is 5.73 Å². The molecule has 3 N–H and O–H groups in total. The highest BCUT2D eigenvalue weighted by molar-refractivity contribution is 5.90. The van der Waals surface area contributed by atoms with E-state index in [-0.39, 0.29) is 5.91 Å². The number of nitrogens with one attached hydrogen (secondary N) is 1. The van der Waals surface area contributed by atoms with Gasteiger partial charge in [-0.25, -0.2) is 0 Å². The van der Waals surface area contributed by atoms with E-state index in [2.05, 4.69) is 5.32 Å². The molecule has 0 radical (unpaired) electrons. The maximum absolute atomic E-state index is 12.1. The van der Waals surface area contributed by atoms with Gasteiger partial charge in [-0.1, -0.05) is 18.6 Å². The van der Waals surface area contributed by atoms with Gasteiger partial charge < -0.3 is 11.1 Å². The Morgan fingerprint density at radius 1 is 1.32 bits per heavy atom.